The first-order valence-electron chi connectivity index (χ1n) is 7.40. The van der Waals surface area contributed by atoms with Crippen LogP contribution in [-0.4, -0.2) is 15.8 Å². The number of benzene rings is 1. The molecule has 1 heterocycles. The van der Waals surface area contributed by atoms with Crippen molar-refractivity contribution in [3.05, 3.63) is 46.2 Å². The fourth-order valence-corrected chi connectivity index (χ4v) is 2.53. The van der Waals surface area contributed by atoms with E-state index in [2.05, 4.69) is 45.4 Å². The SMILES string of the molecule is CCn1cc(COc2ccc(Br)c(CNC3CC3)c2)cn1. The van der Waals surface area contributed by atoms with E-state index in [0.717, 1.165) is 28.9 Å². The van der Waals surface area contributed by atoms with Crippen LogP contribution in [0.5, 0.6) is 5.75 Å². The van der Waals surface area contributed by atoms with Crippen LogP contribution in [0.1, 0.15) is 30.9 Å². The summed E-state index contributed by atoms with van der Waals surface area (Å²) in [6.07, 6.45) is 6.48. The maximum absolute atomic E-state index is 5.87. The van der Waals surface area contributed by atoms with Crippen molar-refractivity contribution in [2.24, 2.45) is 0 Å². The molecule has 4 nitrogen and oxygen atoms in total. The molecule has 0 saturated heterocycles. The lowest BCUT2D eigenvalue weighted by Gasteiger charge is -2.10. The van der Waals surface area contributed by atoms with Gasteiger partial charge in [-0.3, -0.25) is 4.68 Å². The zero-order valence-electron chi connectivity index (χ0n) is 12.2. The van der Waals surface area contributed by atoms with Crippen LogP contribution in [0.15, 0.2) is 35.1 Å². The molecule has 0 amide bonds. The Labute approximate surface area is 133 Å². The third kappa shape index (κ3) is 4.08. The van der Waals surface area contributed by atoms with Crippen molar-refractivity contribution in [1.82, 2.24) is 15.1 Å². The van der Waals surface area contributed by atoms with E-state index in [1.165, 1.54) is 18.4 Å². The smallest absolute Gasteiger partial charge is 0.120 e. The summed E-state index contributed by atoms with van der Waals surface area (Å²) in [5, 5.41) is 7.78. The molecule has 0 radical (unpaired) electrons. The van der Waals surface area contributed by atoms with E-state index in [4.69, 9.17) is 4.74 Å². The number of aryl methyl sites for hydroxylation is 1. The predicted molar refractivity (Wildman–Crippen MR) is 86.2 cm³/mol. The summed E-state index contributed by atoms with van der Waals surface area (Å²) in [6.45, 7) is 4.40. The van der Waals surface area contributed by atoms with Crippen LogP contribution in [0.25, 0.3) is 0 Å². The molecule has 1 saturated carbocycles. The number of halogens is 1. The minimum atomic E-state index is 0.553. The molecule has 0 spiro atoms. The van der Waals surface area contributed by atoms with Gasteiger partial charge < -0.3 is 10.1 Å². The molecule has 1 aliphatic carbocycles. The lowest BCUT2D eigenvalue weighted by atomic mass is 10.2. The van der Waals surface area contributed by atoms with Crippen molar-refractivity contribution >= 4 is 15.9 Å². The van der Waals surface area contributed by atoms with E-state index in [1.807, 2.05) is 23.1 Å². The zero-order valence-corrected chi connectivity index (χ0v) is 13.8. The first-order valence-corrected chi connectivity index (χ1v) is 8.20. The van der Waals surface area contributed by atoms with Gasteiger partial charge in [-0.2, -0.15) is 5.10 Å². The fraction of sp³-hybridized carbons (Fsp3) is 0.438. The summed E-state index contributed by atoms with van der Waals surface area (Å²) in [5.41, 5.74) is 2.33. The number of aromatic nitrogens is 2. The highest BCUT2D eigenvalue weighted by atomic mass is 79.9. The molecular weight excluding hydrogens is 330 g/mol. The fourth-order valence-electron chi connectivity index (χ4n) is 2.14. The molecule has 0 bridgehead atoms. The normalized spacial score (nSPS) is 14.4. The van der Waals surface area contributed by atoms with Crippen molar-refractivity contribution in [2.75, 3.05) is 0 Å². The minimum absolute atomic E-state index is 0.553. The lowest BCUT2D eigenvalue weighted by Crippen LogP contribution is -2.15. The molecule has 1 aromatic carbocycles. The van der Waals surface area contributed by atoms with Gasteiger partial charge in [0.05, 0.1) is 6.20 Å². The Morgan fingerprint density at radius 1 is 1.43 bits per heavy atom. The largest absolute Gasteiger partial charge is 0.489 e. The lowest BCUT2D eigenvalue weighted by molar-refractivity contribution is 0.305. The molecule has 0 aliphatic heterocycles. The van der Waals surface area contributed by atoms with Crippen molar-refractivity contribution in [3.8, 4) is 5.75 Å². The van der Waals surface area contributed by atoms with Gasteiger partial charge in [-0.25, -0.2) is 0 Å². The highest BCUT2D eigenvalue weighted by molar-refractivity contribution is 9.10. The van der Waals surface area contributed by atoms with Crippen LogP contribution in [-0.2, 0) is 19.7 Å². The van der Waals surface area contributed by atoms with E-state index in [-0.39, 0.29) is 0 Å². The van der Waals surface area contributed by atoms with Gasteiger partial charge in [0.25, 0.3) is 0 Å². The van der Waals surface area contributed by atoms with E-state index >= 15 is 0 Å². The van der Waals surface area contributed by atoms with Gasteiger partial charge in [-0.05, 0) is 43.5 Å². The van der Waals surface area contributed by atoms with Crippen LogP contribution >= 0.6 is 15.9 Å². The molecule has 112 valence electrons. The maximum atomic E-state index is 5.87. The summed E-state index contributed by atoms with van der Waals surface area (Å²) in [7, 11) is 0. The summed E-state index contributed by atoms with van der Waals surface area (Å²) in [5.74, 6) is 0.898. The third-order valence-electron chi connectivity index (χ3n) is 3.59. The van der Waals surface area contributed by atoms with E-state index in [9.17, 15) is 0 Å². The Hall–Kier alpha value is -1.33. The Bertz CT molecular complexity index is 607. The van der Waals surface area contributed by atoms with Gasteiger partial charge in [0.1, 0.15) is 12.4 Å². The molecule has 0 atom stereocenters. The summed E-state index contributed by atoms with van der Waals surface area (Å²) < 4.78 is 8.90. The van der Waals surface area contributed by atoms with Crippen LogP contribution in [0.4, 0.5) is 0 Å². The second kappa shape index (κ2) is 6.62. The number of ether oxygens (including phenoxy) is 1. The second-order valence-electron chi connectivity index (χ2n) is 5.40. The topological polar surface area (TPSA) is 39.1 Å². The second-order valence-corrected chi connectivity index (χ2v) is 6.26. The highest BCUT2D eigenvalue weighted by Gasteiger charge is 2.20. The van der Waals surface area contributed by atoms with Crippen LogP contribution < -0.4 is 10.1 Å². The van der Waals surface area contributed by atoms with Gasteiger partial charge in [-0.15, -0.1) is 0 Å². The van der Waals surface area contributed by atoms with E-state index in [1.54, 1.807) is 0 Å². The molecule has 1 fully saturated rings. The molecule has 1 aromatic heterocycles. The first kappa shape index (κ1) is 14.6. The zero-order chi connectivity index (χ0) is 14.7. The van der Waals surface area contributed by atoms with Crippen molar-refractivity contribution in [2.45, 2.75) is 45.5 Å². The monoisotopic (exact) mass is 349 g/mol. The van der Waals surface area contributed by atoms with Crippen LogP contribution in [0.3, 0.4) is 0 Å². The summed E-state index contributed by atoms with van der Waals surface area (Å²) in [4.78, 5) is 0. The number of nitrogens with zero attached hydrogens (tertiary/aromatic N) is 2. The van der Waals surface area contributed by atoms with Gasteiger partial charge in [0.15, 0.2) is 0 Å². The van der Waals surface area contributed by atoms with Crippen molar-refractivity contribution in [1.29, 1.82) is 0 Å². The molecule has 1 N–H and O–H groups in total. The molecule has 21 heavy (non-hydrogen) atoms. The molecule has 1 aliphatic rings. The number of rotatable bonds is 7. The average Bonchev–Trinajstić information content (AvgIpc) is 3.21. The third-order valence-corrected chi connectivity index (χ3v) is 4.37. The van der Waals surface area contributed by atoms with Gasteiger partial charge in [-0.1, -0.05) is 15.9 Å². The molecule has 3 rings (SSSR count). The standard InChI is InChI=1S/C16H20BrN3O/c1-2-20-10-12(8-19-20)11-21-15-5-6-16(17)13(7-15)9-18-14-3-4-14/h5-8,10,14,18H,2-4,9,11H2,1H3. The van der Waals surface area contributed by atoms with Crippen molar-refractivity contribution in [3.63, 3.8) is 0 Å². The van der Waals surface area contributed by atoms with Gasteiger partial charge in [0.2, 0.25) is 0 Å². The van der Waals surface area contributed by atoms with Gasteiger partial charge >= 0.3 is 0 Å². The predicted octanol–water partition coefficient (Wildman–Crippen LogP) is 3.50. The first-order chi connectivity index (χ1) is 10.2. The molecular formula is C16H20BrN3O. The summed E-state index contributed by atoms with van der Waals surface area (Å²) in [6, 6.07) is 6.86. The van der Waals surface area contributed by atoms with E-state index in [0.29, 0.717) is 12.6 Å². The Morgan fingerprint density at radius 3 is 3.00 bits per heavy atom. The minimum Gasteiger partial charge on any atom is -0.489 e. The average molecular weight is 350 g/mol. The Balaban J connectivity index is 1.60. The molecule has 0 unspecified atom stereocenters. The molecule has 5 heteroatoms. The Morgan fingerprint density at radius 2 is 2.29 bits per heavy atom. The molecule has 2 aromatic rings. The number of nitrogens with one attached hydrogen (secondary N) is 1. The maximum Gasteiger partial charge on any atom is 0.120 e. The van der Waals surface area contributed by atoms with Crippen LogP contribution in [0, 0.1) is 0 Å². The summed E-state index contributed by atoms with van der Waals surface area (Å²) >= 11 is 3.60. The van der Waals surface area contributed by atoms with Crippen molar-refractivity contribution < 1.29 is 4.74 Å². The van der Waals surface area contributed by atoms with E-state index < -0.39 is 0 Å². The number of hydrogen-bond acceptors (Lipinski definition) is 3. The number of hydrogen-bond donors (Lipinski definition) is 1. The Kier molecular flexibility index (Phi) is 4.60. The van der Waals surface area contributed by atoms with Crippen LogP contribution in [0.2, 0.25) is 0 Å². The quantitative estimate of drug-likeness (QED) is 0.831. The highest BCUT2D eigenvalue weighted by Crippen LogP contribution is 2.25. The van der Waals surface area contributed by atoms with Gasteiger partial charge in [0, 0.05) is 35.4 Å².